The van der Waals surface area contributed by atoms with Crippen molar-refractivity contribution in [1.29, 1.82) is 0 Å². The molecular formula is C10H17O5P. The number of rotatable bonds is 3. The molecule has 0 aromatic rings. The zero-order valence-electron chi connectivity index (χ0n) is 9.93. The van der Waals surface area contributed by atoms with Crippen LogP contribution in [0.1, 0.15) is 34.1 Å². The maximum Gasteiger partial charge on any atom is 0.256 e. The second kappa shape index (κ2) is 4.88. The third-order valence-corrected chi connectivity index (χ3v) is 5.07. The number of Topliss-reactive ketones (excluding diaryl/α,β-unsaturated/α-hetero) is 2. The van der Waals surface area contributed by atoms with Gasteiger partial charge in [-0.3, -0.25) is 9.59 Å². The maximum atomic E-state index is 12.4. The second-order valence-corrected chi connectivity index (χ2v) is 6.25. The minimum atomic E-state index is -3.65. The van der Waals surface area contributed by atoms with Crippen molar-refractivity contribution in [2.24, 2.45) is 0 Å². The lowest BCUT2D eigenvalue weighted by molar-refractivity contribution is -0.237. The van der Waals surface area contributed by atoms with Crippen LogP contribution in [-0.4, -0.2) is 29.4 Å². The van der Waals surface area contributed by atoms with Gasteiger partial charge in [0, 0.05) is 6.42 Å². The number of carbonyl (C=O) groups excluding carboxylic acids is 2. The molecule has 5 nitrogen and oxygen atoms in total. The number of ketones is 2. The van der Waals surface area contributed by atoms with Gasteiger partial charge in [-0.25, -0.2) is 9.05 Å². The molecule has 6 heteroatoms. The van der Waals surface area contributed by atoms with Gasteiger partial charge in [0.2, 0.25) is 5.66 Å². The first-order valence-electron chi connectivity index (χ1n) is 5.23. The Morgan fingerprint density at radius 1 is 1.19 bits per heavy atom. The molecule has 0 unspecified atom stereocenters. The van der Waals surface area contributed by atoms with Crippen LogP contribution in [0.3, 0.4) is 0 Å². The standard InChI is InChI=1S/C10H17O5P/c1-6-5-7(2)15-16(13,14-6)10(8(3)11)9(4)12/h6-7,10H,5H2,1-4H3/t6-,7-/m1/s1. The van der Waals surface area contributed by atoms with E-state index in [2.05, 4.69) is 0 Å². The molecule has 1 rings (SSSR count). The van der Waals surface area contributed by atoms with Gasteiger partial charge < -0.3 is 4.89 Å². The van der Waals surface area contributed by atoms with Crippen molar-refractivity contribution in [3.8, 4) is 0 Å². The van der Waals surface area contributed by atoms with Gasteiger partial charge in [0.25, 0.3) is 7.94 Å². The van der Waals surface area contributed by atoms with E-state index in [9.17, 15) is 14.5 Å². The smallest absolute Gasteiger partial charge is 0.256 e. The van der Waals surface area contributed by atoms with E-state index in [-0.39, 0.29) is 12.2 Å². The van der Waals surface area contributed by atoms with Crippen molar-refractivity contribution in [2.75, 3.05) is 0 Å². The number of hydrogen-bond donors (Lipinski definition) is 0. The quantitative estimate of drug-likeness (QED) is 0.547. The monoisotopic (exact) mass is 248 g/mol. The maximum absolute atomic E-state index is 12.4. The average Bonchev–Trinajstić information content (AvgIpc) is 1.96. The van der Waals surface area contributed by atoms with Crippen LogP contribution < -0.4 is 4.89 Å². The second-order valence-electron chi connectivity index (χ2n) is 4.23. The molecule has 16 heavy (non-hydrogen) atoms. The molecule has 1 heterocycles. The zero-order chi connectivity index (χ0) is 12.5. The Bertz CT molecular complexity index is 280. The van der Waals surface area contributed by atoms with E-state index in [4.69, 9.17) is 9.05 Å². The minimum absolute atomic E-state index is 0.268. The van der Waals surface area contributed by atoms with Gasteiger partial charge in [0.05, 0.1) is 0 Å². The zero-order valence-corrected chi connectivity index (χ0v) is 10.8. The van der Waals surface area contributed by atoms with E-state index in [1.54, 1.807) is 13.8 Å². The van der Waals surface area contributed by atoms with Crippen LogP contribution in [0, 0.1) is 0 Å². The SMILES string of the molecule is CC(=O)C(C(C)=O)[P+]1([O-])O[C@H](C)C[C@@H](C)O1. The van der Waals surface area contributed by atoms with Crippen LogP contribution in [-0.2, 0) is 18.6 Å². The summed E-state index contributed by atoms with van der Waals surface area (Å²) in [4.78, 5) is 35.1. The van der Waals surface area contributed by atoms with Crippen LogP contribution >= 0.6 is 7.94 Å². The summed E-state index contributed by atoms with van der Waals surface area (Å²) < 4.78 is 10.4. The summed E-state index contributed by atoms with van der Waals surface area (Å²) in [7, 11) is -3.65. The molecule has 0 spiro atoms. The van der Waals surface area contributed by atoms with E-state index in [0.717, 1.165) is 0 Å². The summed E-state index contributed by atoms with van der Waals surface area (Å²) in [5, 5.41) is 0. The first-order valence-corrected chi connectivity index (χ1v) is 6.85. The van der Waals surface area contributed by atoms with Crippen LogP contribution in [0.5, 0.6) is 0 Å². The Morgan fingerprint density at radius 2 is 1.56 bits per heavy atom. The predicted molar refractivity (Wildman–Crippen MR) is 57.8 cm³/mol. The van der Waals surface area contributed by atoms with Crippen molar-refractivity contribution in [3.05, 3.63) is 0 Å². The van der Waals surface area contributed by atoms with Gasteiger partial charge >= 0.3 is 0 Å². The van der Waals surface area contributed by atoms with E-state index in [0.29, 0.717) is 6.42 Å². The third kappa shape index (κ3) is 2.86. The molecule has 92 valence electrons. The molecule has 0 bridgehead atoms. The summed E-state index contributed by atoms with van der Waals surface area (Å²) in [6.45, 7) is 5.96. The fourth-order valence-corrected chi connectivity index (χ4v) is 4.29. The Balaban J connectivity index is 2.97. The van der Waals surface area contributed by atoms with Crippen LogP contribution in [0.4, 0.5) is 0 Å². The molecule has 0 radical (unpaired) electrons. The minimum Gasteiger partial charge on any atom is -0.630 e. The normalized spacial score (nSPS) is 35.1. The molecule has 1 aliphatic heterocycles. The average molecular weight is 248 g/mol. The van der Waals surface area contributed by atoms with Crippen molar-refractivity contribution < 1.29 is 23.5 Å². The van der Waals surface area contributed by atoms with Crippen LogP contribution in [0.2, 0.25) is 0 Å². The van der Waals surface area contributed by atoms with Gasteiger partial charge in [-0.2, -0.15) is 0 Å². The fraction of sp³-hybridized carbons (Fsp3) is 0.800. The molecule has 0 aromatic heterocycles. The summed E-state index contributed by atoms with van der Waals surface area (Å²) in [5.74, 6) is -0.950. The highest BCUT2D eigenvalue weighted by Crippen LogP contribution is 2.62. The third-order valence-electron chi connectivity index (χ3n) is 2.40. The van der Waals surface area contributed by atoms with Gasteiger partial charge in [0.1, 0.15) is 12.2 Å². The largest absolute Gasteiger partial charge is 0.630 e. The van der Waals surface area contributed by atoms with Crippen molar-refractivity contribution in [2.45, 2.75) is 52.0 Å². The Morgan fingerprint density at radius 3 is 1.88 bits per heavy atom. The Labute approximate surface area is 95.7 Å². The van der Waals surface area contributed by atoms with E-state index >= 15 is 0 Å². The van der Waals surface area contributed by atoms with Gasteiger partial charge in [-0.1, -0.05) is 0 Å². The highest BCUT2D eigenvalue weighted by atomic mass is 31.2. The Kier molecular flexibility index (Phi) is 4.18. The van der Waals surface area contributed by atoms with E-state index in [1.165, 1.54) is 13.8 Å². The van der Waals surface area contributed by atoms with E-state index < -0.39 is 25.2 Å². The molecule has 0 saturated carbocycles. The highest BCUT2D eigenvalue weighted by Gasteiger charge is 2.52. The molecule has 1 saturated heterocycles. The van der Waals surface area contributed by atoms with Crippen molar-refractivity contribution in [3.63, 3.8) is 0 Å². The first-order chi connectivity index (χ1) is 7.26. The Hall–Kier alpha value is -0.350. The molecule has 0 aliphatic carbocycles. The predicted octanol–water partition coefficient (Wildman–Crippen LogP) is 0.870. The molecule has 0 N–H and O–H groups in total. The molecule has 1 aliphatic rings. The van der Waals surface area contributed by atoms with Gasteiger partial charge in [-0.15, -0.1) is 0 Å². The lowest BCUT2D eigenvalue weighted by Gasteiger charge is -2.39. The van der Waals surface area contributed by atoms with Crippen molar-refractivity contribution >= 4 is 19.5 Å². The summed E-state index contributed by atoms with van der Waals surface area (Å²) >= 11 is 0. The molecule has 0 aromatic carbocycles. The fourth-order valence-electron chi connectivity index (χ4n) is 1.93. The van der Waals surface area contributed by atoms with Gasteiger partial charge in [-0.05, 0) is 27.7 Å². The summed E-state index contributed by atoms with van der Waals surface area (Å²) in [5.41, 5.74) is -1.28. The lowest BCUT2D eigenvalue weighted by Crippen LogP contribution is -2.43. The van der Waals surface area contributed by atoms with Crippen LogP contribution in [0.25, 0.3) is 0 Å². The van der Waals surface area contributed by atoms with Crippen molar-refractivity contribution in [1.82, 2.24) is 0 Å². The lowest BCUT2D eigenvalue weighted by atomic mass is 10.2. The highest BCUT2D eigenvalue weighted by molar-refractivity contribution is 7.62. The molecular weight excluding hydrogens is 231 g/mol. The van der Waals surface area contributed by atoms with E-state index in [1.807, 2.05) is 0 Å². The first kappa shape index (κ1) is 13.7. The van der Waals surface area contributed by atoms with Gasteiger partial charge in [0.15, 0.2) is 11.6 Å². The van der Waals surface area contributed by atoms with Crippen LogP contribution in [0.15, 0.2) is 0 Å². The topological polar surface area (TPSA) is 75.7 Å². The molecule has 2 atom stereocenters. The molecule has 0 amide bonds. The summed E-state index contributed by atoms with van der Waals surface area (Å²) in [6, 6.07) is 0. The molecule has 1 fully saturated rings. The number of carbonyl (C=O) groups is 2. The summed E-state index contributed by atoms with van der Waals surface area (Å²) in [6.07, 6.45) is 0.0681. The number of hydrogen-bond acceptors (Lipinski definition) is 5.